The second-order valence-corrected chi connectivity index (χ2v) is 9.82. The van der Waals surface area contributed by atoms with Gasteiger partial charge in [0.05, 0.1) is 11.4 Å². The predicted octanol–water partition coefficient (Wildman–Crippen LogP) is 2.97. The van der Waals surface area contributed by atoms with Gasteiger partial charge in [-0.25, -0.2) is 10.9 Å². The molecule has 7 heteroatoms. The molecule has 0 spiro atoms. The number of nitrogens with one attached hydrogen (secondary N) is 2. The first-order valence-electron chi connectivity index (χ1n) is 12.3. The van der Waals surface area contributed by atoms with Crippen LogP contribution >= 0.6 is 12.4 Å². The summed E-state index contributed by atoms with van der Waals surface area (Å²) < 4.78 is 6.33. The van der Waals surface area contributed by atoms with E-state index < -0.39 is 23.3 Å². The zero-order valence-electron chi connectivity index (χ0n) is 19.7. The van der Waals surface area contributed by atoms with Crippen LogP contribution in [0.25, 0.3) is 0 Å². The van der Waals surface area contributed by atoms with Crippen molar-refractivity contribution in [2.75, 3.05) is 13.1 Å². The predicted molar refractivity (Wildman–Crippen MR) is 132 cm³/mol. The van der Waals surface area contributed by atoms with Gasteiger partial charge in [-0.1, -0.05) is 67.6 Å². The Morgan fingerprint density at radius 1 is 1.06 bits per heavy atom. The molecule has 184 valence electrons. The number of carboxylic acid groups (broad SMARTS) is 1. The fraction of sp³-hybridized carbons (Fsp3) is 0.519. The number of carboxylic acids is 1. The smallest absolute Gasteiger partial charge is 0.163 e. The van der Waals surface area contributed by atoms with Gasteiger partial charge >= 0.3 is 0 Å². The van der Waals surface area contributed by atoms with Crippen LogP contribution in [-0.2, 0) is 14.9 Å². The molecule has 3 heterocycles. The van der Waals surface area contributed by atoms with E-state index in [1.165, 1.54) is 25.7 Å². The normalized spacial score (nSPS) is 29.0. The Bertz CT molecular complexity index is 913. The van der Waals surface area contributed by atoms with Crippen LogP contribution < -0.4 is 16.0 Å². The lowest BCUT2D eigenvalue weighted by atomic mass is 9.63. The van der Waals surface area contributed by atoms with Gasteiger partial charge < -0.3 is 19.5 Å². The summed E-state index contributed by atoms with van der Waals surface area (Å²) in [6.45, 7) is 4.15. The SMILES string of the molecule is CCC1(C(CCN2CC3CCC2CC3)(c2ccccc2)c2ccccc2)NNC(C(=O)[O-])O1.Cl. The molecule has 3 saturated heterocycles. The van der Waals surface area contributed by atoms with E-state index in [1.54, 1.807) is 0 Å². The number of nitrogens with zero attached hydrogens (tertiary/aromatic N) is 1. The summed E-state index contributed by atoms with van der Waals surface area (Å²) >= 11 is 0. The molecule has 0 radical (unpaired) electrons. The molecule has 0 amide bonds. The van der Waals surface area contributed by atoms with Gasteiger partial charge in [0.25, 0.3) is 0 Å². The van der Waals surface area contributed by atoms with Crippen molar-refractivity contribution in [3.8, 4) is 0 Å². The van der Waals surface area contributed by atoms with Gasteiger partial charge in [0.2, 0.25) is 0 Å². The van der Waals surface area contributed by atoms with Crippen LogP contribution in [0.4, 0.5) is 0 Å². The monoisotopic (exact) mass is 484 g/mol. The molecule has 2 unspecified atom stereocenters. The maximum atomic E-state index is 11.8. The molecular formula is C27H35ClN3O3-. The molecule has 2 aromatic rings. The molecule has 4 aliphatic rings. The molecule has 6 nitrogen and oxygen atoms in total. The number of ether oxygens (including phenoxy) is 1. The summed E-state index contributed by atoms with van der Waals surface area (Å²) in [5.41, 5.74) is 6.85. The van der Waals surface area contributed by atoms with Gasteiger partial charge in [0, 0.05) is 12.6 Å². The summed E-state index contributed by atoms with van der Waals surface area (Å²) in [4.78, 5) is 14.4. The maximum Gasteiger partial charge on any atom is 0.163 e. The Balaban J connectivity index is 0.00000274. The minimum absolute atomic E-state index is 0. The largest absolute Gasteiger partial charge is 0.546 e. The highest BCUT2D eigenvalue weighted by Gasteiger charge is 2.57. The van der Waals surface area contributed by atoms with Gasteiger partial charge in [-0.3, -0.25) is 0 Å². The zero-order chi connectivity index (χ0) is 22.9. The van der Waals surface area contributed by atoms with Crippen LogP contribution in [0.15, 0.2) is 60.7 Å². The number of carbonyl (C=O) groups is 1. The number of hydrogen-bond donors (Lipinski definition) is 2. The molecule has 2 aromatic carbocycles. The number of fused-ring (bicyclic) bond motifs is 3. The van der Waals surface area contributed by atoms with E-state index in [1.807, 2.05) is 12.1 Å². The average Bonchev–Trinajstić information content (AvgIpc) is 3.33. The summed E-state index contributed by atoms with van der Waals surface area (Å²) in [6.07, 6.45) is 5.47. The third-order valence-corrected chi connectivity index (χ3v) is 8.26. The second kappa shape index (κ2) is 10.3. The summed E-state index contributed by atoms with van der Waals surface area (Å²) in [5, 5.41) is 11.8. The lowest BCUT2D eigenvalue weighted by Crippen LogP contribution is -2.62. The highest BCUT2D eigenvalue weighted by atomic mass is 35.5. The van der Waals surface area contributed by atoms with Crippen molar-refractivity contribution in [1.82, 2.24) is 15.8 Å². The van der Waals surface area contributed by atoms with Crippen LogP contribution in [0.5, 0.6) is 0 Å². The quantitative estimate of drug-likeness (QED) is 0.600. The lowest BCUT2D eigenvalue weighted by Gasteiger charge is -2.51. The van der Waals surface area contributed by atoms with Crippen molar-refractivity contribution < 1.29 is 14.6 Å². The first-order chi connectivity index (χ1) is 16.1. The van der Waals surface area contributed by atoms with Crippen LogP contribution in [0, 0.1) is 5.92 Å². The van der Waals surface area contributed by atoms with Gasteiger partial charge in [0.1, 0.15) is 5.72 Å². The summed E-state index contributed by atoms with van der Waals surface area (Å²) in [5.74, 6) is -0.454. The van der Waals surface area contributed by atoms with Crippen LogP contribution in [0.2, 0.25) is 0 Å². The van der Waals surface area contributed by atoms with Gasteiger partial charge in [-0.15, -0.1) is 12.4 Å². The van der Waals surface area contributed by atoms with Crippen molar-refractivity contribution >= 4 is 18.4 Å². The Hall–Kier alpha value is -1.96. The Kier molecular flexibility index (Phi) is 7.65. The number of hydrogen-bond acceptors (Lipinski definition) is 6. The molecule has 3 aliphatic heterocycles. The standard InChI is InChI=1S/C27H35N3O3.ClH/c1-2-27(29-28-24(33-27)25(31)32)26(21-9-5-3-6-10-21,22-11-7-4-8-12-22)17-18-30-19-20-13-15-23(30)16-14-20;/h3-12,20,23-24,28-29H,2,13-19H2,1H3,(H,31,32);1H/p-1. The molecule has 4 fully saturated rings. The Morgan fingerprint density at radius 3 is 2.09 bits per heavy atom. The number of benzene rings is 2. The fourth-order valence-corrected chi connectivity index (χ4v) is 6.56. The van der Waals surface area contributed by atoms with E-state index in [2.05, 4.69) is 71.2 Å². The number of rotatable bonds is 8. The number of halogens is 1. The Morgan fingerprint density at radius 2 is 1.65 bits per heavy atom. The summed E-state index contributed by atoms with van der Waals surface area (Å²) in [7, 11) is 0. The molecule has 34 heavy (non-hydrogen) atoms. The van der Waals surface area contributed by atoms with Crippen molar-refractivity contribution in [1.29, 1.82) is 0 Å². The lowest BCUT2D eigenvalue weighted by molar-refractivity contribution is -0.319. The molecule has 6 rings (SSSR count). The van der Waals surface area contributed by atoms with Crippen LogP contribution in [-0.4, -0.2) is 42.0 Å². The van der Waals surface area contributed by atoms with Gasteiger partial charge in [0.15, 0.2) is 6.23 Å². The van der Waals surface area contributed by atoms with E-state index in [4.69, 9.17) is 4.74 Å². The first kappa shape index (κ1) is 25.1. The molecular weight excluding hydrogens is 450 g/mol. The molecule has 1 saturated carbocycles. The maximum absolute atomic E-state index is 11.8. The molecule has 2 atom stereocenters. The van der Waals surface area contributed by atoms with Crippen molar-refractivity contribution in [3.63, 3.8) is 0 Å². The van der Waals surface area contributed by atoms with Gasteiger partial charge in [-0.05, 0) is 62.1 Å². The van der Waals surface area contributed by atoms with Gasteiger partial charge in [-0.2, -0.15) is 0 Å². The molecule has 2 N–H and O–H groups in total. The van der Waals surface area contributed by atoms with E-state index >= 15 is 0 Å². The number of aliphatic carboxylic acids is 1. The molecule has 1 aliphatic carbocycles. The second-order valence-electron chi connectivity index (χ2n) is 9.82. The van der Waals surface area contributed by atoms with Crippen LogP contribution in [0.3, 0.4) is 0 Å². The highest BCUT2D eigenvalue weighted by molar-refractivity contribution is 5.85. The van der Waals surface area contributed by atoms with E-state index in [-0.39, 0.29) is 12.4 Å². The van der Waals surface area contributed by atoms with Crippen molar-refractivity contribution in [2.24, 2.45) is 5.92 Å². The first-order valence-corrected chi connectivity index (χ1v) is 12.3. The minimum atomic E-state index is -1.26. The van der Waals surface area contributed by atoms with Crippen LogP contribution in [0.1, 0.15) is 56.6 Å². The third-order valence-electron chi connectivity index (χ3n) is 8.26. The highest BCUT2D eigenvalue weighted by Crippen LogP contribution is 2.49. The van der Waals surface area contributed by atoms with Crippen molar-refractivity contribution in [2.45, 2.75) is 68.9 Å². The topological polar surface area (TPSA) is 76.7 Å². The Labute approximate surface area is 208 Å². The van der Waals surface area contributed by atoms with E-state index in [0.717, 1.165) is 36.6 Å². The number of carbonyl (C=O) groups excluding carboxylic acids is 1. The van der Waals surface area contributed by atoms with E-state index in [9.17, 15) is 9.90 Å². The summed E-state index contributed by atoms with van der Waals surface area (Å²) in [6, 6.07) is 21.5. The van der Waals surface area contributed by atoms with E-state index in [0.29, 0.717) is 12.5 Å². The number of hydrazine groups is 1. The number of piperidine rings is 2. The fourth-order valence-electron chi connectivity index (χ4n) is 6.56. The zero-order valence-corrected chi connectivity index (χ0v) is 20.6. The average molecular weight is 485 g/mol. The minimum Gasteiger partial charge on any atom is -0.546 e. The molecule has 2 bridgehead atoms. The third kappa shape index (κ3) is 4.27. The molecule has 0 aromatic heterocycles. The van der Waals surface area contributed by atoms with Crippen molar-refractivity contribution in [3.05, 3.63) is 71.8 Å².